The predicted octanol–water partition coefficient (Wildman–Crippen LogP) is 3.23. The van der Waals surface area contributed by atoms with E-state index in [9.17, 15) is 9.59 Å². The smallest absolute Gasteiger partial charge is 0.267 e. The van der Waals surface area contributed by atoms with E-state index in [0.717, 1.165) is 11.1 Å². The molecule has 4 heterocycles. The largest absolute Gasteiger partial charge is 0.360 e. The molecule has 34 heavy (non-hydrogen) atoms. The van der Waals surface area contributed by atoms with Crippen LogP contribution in [0.1, 0.15) is 27.2 Å². The zero-order valence-electron chi connectivity index (χ0n) is 18.7. The Morgan fingerprint density at radius 3 is 2.62 bits per heavy atom. The Morgan fingerprint density at radius 1 is 1.09 bits per heavy atom. The molecule has 0 saturated carbocycles. The average Bonchev–Trinajstić information content (AvgIpc) is 3.24. The quantitative estimate of drug-likeness (QED) is 0.395. The normalized spacial score (nSPS) is 11.2. The number of benzene rings is 1. The molecule has 0 atom stereocenters. The van der Waals surface area contributed by atoms with Crippen molar-refractivity contribution >= 4 is 28.4 Å². The van der Waals surface area contributed by atoms with Crippen molar-refractivity contribution in [1.82, 2.24) is 19.1 Å². The van der Waals surface area contributed by atoms with Crippen molar-refractivity contribution in [2.75, 3.05) is 5.32 Å². The van der Waals surface area contributed by atoms with Crippen LogP contribution in [0.15, 0.2) is 70.1 Å². The highest BCUT2D eigenvalue weighted by Crippen LogP contribution is 2.15. The monoisotopic (exact) mass is 454 g/mol. The highest BCUT2D eigenvalue weighted by Gasteiger charge is 2.19. The van der Waals surface area contributed by atoms with Gasteiger partial charge in [0.25, 0.3) is 11.5 Å². The van der Waals surface area contributed by atoms with Gasteiger partial charge in [0.1, 0.15) is 22.5 Å². The van der Waals surface area contributed by atoms with E-state index < -0.39 is 5.91 Å². The van der Waals surface area contributed by atoms with Crippen molar-refractivity contribution in [3.8, 4) is 0 Å². The SMILES string of the molecule is Cc1cc(NC(=O)c2cc3c(=O)n4cccc(C)c4nc3n(CCc3ccccc3)c2=N)no1. The molecule has 9 heteroatoms. The molecule has 0 radical (unpaired) electrons. The molecule has 0 spiro atoms. The number of aromatic nitrogens is 4. The van der Waals surface area contributed by atoms with Gasteiger partial charge in [0.15, 0.2) is 5.82 Å². The van der Waals surface area contributed by atoms with Gasteiger partial charge in [0.05, 0.1) is 10.9 Å². The standard InChI is InChI=1S/C25H22N6O3/c1-15-7-6-11-31-22(15)28-23-19(25(31)33)14-18(24(32)27-20-13-16(2)34-29-20)21(26)30(23)12-10-17-8-4-3-5-9-17/h3-9,11,13-14,26H,10,12H2,1-2H3,(H,27,29,32). The summed E-state index contributed by atoms with van der Waals surface area (Å²) in [7, 11) is 0. The van der Waals surface area contributed by atoms with E-state index in [1.807, 2.05) is 43.3 Å². The van der Waals surface area contributed by atoms with Crippen LogP contribution in [-0.4, -0.2) is 25.0 Å². The van der Waals surface area contributed by atoms with Crippen LogP contribution in [-0.2, 0) is 13.0 Å². The fraction of sp³-hybridized carbons (Fsp3) is 0.160. The Hall–Kier alpha value is -4.53. The Morgan fingerprint density at radius 2 is 1.88 bits per heavy atom. The number of fused-ring (bicyclic) bond motifs is 2. The van der Waals surface area contributed by atoms with Crippen molar-refractivity contribution in [1.29, 1.82) is 5.41 Å². The summed E-state index contributed by atoms with van der Waals surface area (Å²) in [6.07, 6.45) is 2.26. The van der Waals surface area contributed by atoms with E-state index >= 15 is 0 Å². The van der Waals surface area contributed by atoms with Crippen LogP contribution in [0.5, 0.6) is 0 Å². The topological polar surface area (TPSA) is 118 Å². The van der Waals surface area contributed by atoms with E-state index in [1.54, 1.807) is 29.8 Å². The minimum Gasteiger partial charge on any atom is -0.360 e. The molecule has 2 N–H and O–H groups in total. The number of hydrogen-bond donors (Lipinski definition) is 2. The maximum Gasteiger partial charge on any atom is 0.267 e. The van der Waals surface area contributed by atoms with Crippen LogP contribution < -0.4 is 16.4 Å². The Balaban J connectivity index is 1.71. The maximum atomic E-state index is 13.4. The van der Waals surface area contributed by atoms with Gasteiger partial charge >= 0.3 is 0 Å². The molecule has 170 valence electrons. The molecule has 5 rings (SSSR count). The number of aryl methyl sites for hydroxylation is 4. The highest BCUT2D eigenvalue weighted by molar-refractivity contribution is 6.05. The lowest BCUT2D eigenvalue weighted by molar-refractivity contribution is 0.102. The lowest BCUT2D eigenvalue weighted by atomic mass is 10.1. The summed E-state index contributed by atoms with van der Waals surface area (Å²) in [5, 5.41) is 15.5. The van der Waals surface area contributed by atoms with Crippen molar-refractivity contribution in [2.45, 2.75) is 26.8 Å². The van der Waals surface area contributed by atoms with Gasteiger partial charge in [-0.1, -0.05) is 41.6 Å². The van der Waals surface area contributed by atoms with Gasteiger partial charge in [-0.25, -0.2) is 4.98 Å². The minimum absolute atomic E-state index is 0.0361. The van der Waals surface area contributed by atoms with Crippen molar-refractivity contribution in [3.63, 3.8) is 0 Å². The van der Waals surface area contributed by atoms with E-state index in [4.69, 9.17) is 14.9 Å². The van der Waals surface area contributed by atoms with Gasteiger partial charge in [-0.3, -0.25) is 19.4 Å². The Kier molecular flexibility index (Phi) is 5.29. The molecule has 0 aliphatic carbocycles. The summed E-state index contributed by atoms with van der Waals surface area (Å²) < 4.78 is 8.10. The minimum atomic E-state index is -0.553. The molecule has 9 nitrogen and oxygen atoms in total. The molecule has 0 aliphatic heterocycles. The van der Waals surface area contributed by atoms with E-state index in [-0.39, 0.29) is 27.8 Å². The number of nitrogens with zero attached hydrogens (tertiary/aromatic N) is 4. The third kappa shape index (κ3) is 3.77. The summed E-state index contributed by atoms with van der Waals surface area (Å²) >= 11 is 0. The molecule has 1 aromatic carbocycles. The number of rotatable bonds is 5. The van der Waals surface area contributed by atoms with Crippen LogP contribution in [0, 0.1) is 19.3 Å². The van der Waals surface area contributed by atoms with Crippen LogP contribution in [0.25, 0.3) is 16.7 Å². The zero-order valence-corrected chi connectivity index (χ0v) is 18.7. The summed E-state index contributed by atoms with van der Waals surface area (Å²) in [6.45, 7) is 3.97. The van der Waals surface area contributed by atoms with Crippen LogP contribution in [0.4, 0.5) is 5.82 Å². The van der Waals surface area contributed by atoms with E-state index in [1.165, 1.54) is 10.5 Å². The number of pyridine rings is 2. The first-order chi connectivity index (χ1) is 16.4. The first-order valence-corrected chi connectivity index (χ1v) is 10.8. The predicted molar refractivity (Wildman–Crippen MR) is 127 cm³/mol. The number of anilines is 1. The maximum absolute atomic E-state index is 13.4. The number of nitrogens with one attached hydrogen (secondary N) is 2. The van der Waals surface area contributed by atoms with Crippen LogP contribution in [0.2, 0.25) is 0 Å². The lowest BCUT2D eigenvalue weighted by Crippen LogP contribution is -2.32. The second-order valence-corrected chi connectivity index (χ2v) is 8.11. The molecule has 0 saturated heterocycles. The van der Waals surface area contributed by atoms with Crippen molar-refractivity contribution in [3.05, 3.63) is 99.1 Å². The fourth-order valence-electron chi connectivity index (χ4n) is 3.98. The van der Waals surface area contributed by atoms with Gasteiger partial charge in [0, 0.05) is 18.8 Å². The van der Waals surface area contributed by atoms with E-state index in [2.05, 4.69) is 10.5 Å². The molecule has 4 aromatic heterocycles. The number of carbonyl (C=O) groups excluding carboxylic acids is 1. The second kappa shape index (κ2) is 8.43. The van der Waals surface area contributed by atoms with E-state index in [0.29, 0.717) is 30.0 Å². The summed E-state index contributed by atoms with van der Waals surface area (Å²) in [4.78, 5) is 31.2. The van der Waals surface area contributed by atoms with Crippen molar-refractivity contribution in [2.24, 2.45) is 0 Å². The third-order valence-corrected chi connectivity index (χ3v) is 5.71. The van der Waals surface area contributed by atoms with Crippen molar-refractivity contribution < 1.29 is 9.32 Å². The van der Waals surface area contributed by atoms with Gasteiger partial charge in [-0.2, -0.15) is 0 Å². The molecule has 1 amide bonds. The molecular formula is C25H22N6O3. The average molecular weight is 454 g/mol. The van der Waals surface area contributed by atoms with Gasteiger partial charge in [-0.15, -0.1) is 0 Å². The molecule has 0 fully saturated rings. The molecule has 0 unspecified atom stereocenters. The number of carbonyl (C=O) groups is 1. The summed E-state index contributed by atoms with van der Waals surface area (Å²) in [5.41, 5.74) is 2.51. The molecule has 0 aliphatic rings. The van der Waals surface area contributed by atoms with Gasteiger partial charge in [-0.05, 0) is 43.5 Å². The summed E-state index contributed by atoms with van der Waals surface area (Å²) in [6, 6.07) is 16.5. The third-order valence-electron chi connectivity index (χ3n) is 5.71. The van der Waals surface area contributed by atoms with Gasteiger partial charge < -0.3 is 14.4 Å². The summed E-state index contributed by atoms with van der Waals surface area (Å²) in [5.74, 6) is 0.228. The molecular weight excluding hydrogens is 432 g/mol. The van der Waals surface area contributed by atoms with Crippen LogP contribution >= 0.6 is 0 Å². The first kappa shape index (κ1) is 21.3. The lowest BCUT2D eigenvalue weighted by Gasteiger charge is -2.15. The Bertz CT molecular complexity index is 1660. The number of hydrogen-bond acceptors (Lipinski definition) is 6. The van der Waals surface area contributed by atoms with Crippen LogP contribution in [0.3, 0.4) is 0 Å². The molecule has 0 bridgehead atoms. The second-order valence-electron chi connectivity index (χ2n) is 8.11. The number of amides is 1. The fourth-order valence-corrected chi connectivity index (χ4v) is 3.98. The zero-order chi connectivity index (χ0) is 23.8. The first-order valence-electron chi connectivity index (χ1n) is 10.8. The van der Waals surface area contributed by atoms with Gasteiger partial charge in [0.2, 0.25) is 0 Å². The Labute approximate surface area is 193 Å². The highest BCUT2D eigenvalue weighted by atomic mass is 16.5. The molecule has 5 aromatic rings.